The number of methoxy groups -OCH3 is 1. The van der Waals surface area contributed by atoms with Crippen LogP contribution in [0.1, 0.15) is 10.5 Å². The number of fused-ring (bicyclic) bond motifs is 1. The normalized spacial score (nSPS) is 10.8. The van der Waals surface area contributed by atoms with Gasteiger partial charge in [-0.3, -0.25) is 4.79 Å². The highest BCUT2D eigenvalue weighted by Gasteiger charge is 2.10. The molecule has 0 saturated carbocycles. The predicted molar refractivity (Wildman–Crippen MR) is 95.6 cm³/mol. The zero-order valence-corrected chi connectivity index (χ0v) is 13.7. The highest BCUT2D eigenvalue weighted by molar-refractivity contribution is 6.05. The number of ether oxygens (including phenoxy) is 1. The molecule has 0 atom stereocenters. The standard InChI is InChI=1S/C18H20N4O2/c1-22(9-10-24-2)17-8-7-14(12-19-17)20-18(23)16-11-13-5-3-4-6-15(13)21-16/h3-8,11-12,21H,9-10H2,1-2H3,(H,20,23). The third-order valence-electron chi connectivity index (χ3n) is 3.80. The van der Waals surface area contributed by atoms with Crippen LogP contribution in [-0.2, 0) is 4.74 Å². The molecule has 2 N–H and O–H groups in total. The molecule has 124 valence electrons. The summed E-state index contributed by atoms with van der Waals surface area (Å²) >= 11 is 0. The summed E-state index contributed by atoms with van der Waals surface area (Å²) in [6.07, 6.45) is 1.65. The number of amides is 1. The monoisotopic (exact) mass is 324 g/mol. The number of anilines is 2. The molecule has 0 aliphatic heterocycles. The van der Waals surface area contributed by atoms with E-state index in [0.29, 0.717) is 18.0 Å². The van der Waals surface area contributed by atoms with Gasteiger partial charge in [0, 0.05) is 31.6 Å². The van der Waals surface area contributed by atoms with Gasteiger partial charge in [-0.25, -0.2) is 4.98 Å². The Morgan fingerprint density at radius 3 is 2.83 bits per heavy atom. The van der Waals surface area contributed by atoms with Crippen LogP contribution in [0.2, 0.25) is 0 Å². The Hall–Kier alpha value is -2.86. The Bertz CT molecular complexity index is 793. The van der Waals surface area contributed by atoms with E-state index in [1.807, 2.05) is 54.4 Å². The van der Waals surface area contributed by atoms with Gasteiger partial charge in [0.25, 0.3) is 5.91 Å². The summed E-state index contributed by atoms with van der Waals surface area (Å²) in [4.78, 5) is 21.8. The number of hydrogen-bond donors (Lipinski definition) is 2. The molecule has 24 heavy (non-hydrogen) atoms. The van der Waals surface area contributed by atoms with Crippen molar-refractivity contribution in [2.24, 2.45) is 0 Å². The summed E-state index contributed by atoms with van der Waals surface area (Å²) in [6.45, 7) is 1.39. The van der Waals surface area contributed by atoms with Crippen molar-refractivity contribution in [2.75, 3.05) is 37.5 Å². The van der Waals surface area contributed by atoms with Gasteiger partial charge in [0.15, 0.2) is 0 Å². The number of nitrogens with zero attached hydrogens (tertiary/aromatic N) is 2. The number of aromatic amines is 1. The Morgan fingerprint density at radius 2 is 2.12 bits per heavy atom. The minimum absolute atomic E-state index is 0.187. The first-order chi connectivity index (χ1) is 11.7. The van der Waals surface area contributed by atoms with Gasteiger partial charge in [0.2, 0.25) is 0 Å². The first kappa shape index (κ1) is 16.0. The molecule has 0 aliphatic rings. The van der Waals surface area contributed by atoms with Gasteiger partial charge in [-0.2, -0.15) is 0 Å². The lowest BCUT2D eigenvalue weighted by Gasteiger charge is -2.17. The number of nitrogens with one attached hydrogen (secondary N) is 2. The number of carbonyl (C=O) groups is 1. The number of pyridine rings is 1. The Morgan fingerprint density at radius 1 is 1.29 bits per heavy atom. The molecule has 3 aromatic rings. The van der Waals surface area contributed by atoms with Crippen molar-refractivity contribution in [3.63, 3.8) is 0 Å². The number of aromatic nitrogens is 2. The van der Waals surface area contributed by atoms with E-state index in [9.17, 15) is 4.79 Å². The van der Waals surface area contributed by atoms with Crippen LogP contribution in [0.5, 0.6) is 0 Å². The van der Waals surface area contributed by atoms with Gasteiger partial charge in [-0.15, -0.1) is 0 Å². The molecule has 2 aromatic heterocycles. The number of hydrogen-bond acceptors (Lipinski definition) is 4. The van der Waals surface area contributed by atoms with Crippen LogP contribution in [0.15, 0.2) is 48.7 Å². The van der Waals surface area contributed by atoms with E-state index in [4.69, 9.17) is 4.74 Å². The molecule has 2 heterocycles. The lowest BCUT2D eigenvalue weighted by atomic mass is 10.2. The van der Waals surface area contributed by atoms with Crippen molar-refractivity contribution >= 4 is 28.3 Å². The second-order valence-corrected chi connectivity index (χ2v) is 5.54. The molecule has 0 fully saturated rings. The third kappa shape index (κ3) is 3.55. The van der Waals surface area contributed by atoms with Crippen molar-refractivity contribution in [1.29, 1.82) is 0 Å². The van der Waals surface area contributed by atoms with Crippen molar-refractivity contribution in [2.45, 2.75) is 0 Å². The largest absolute Gasteiger partial charge is 0.383 e. The molecular weight excluding hydrogens is 304 g/mol. The van der Waals surface area contributed by atoms with Crippen molar-refractivity contribution in [3.8, 4) is 0 Å². The maximum Gasteiger partial charge on any atom is 0.272 e. The zero-order valence-electron chi connectivity index (χ0n) is 13.7. The van der Waals surface area contributed by atoms with Crippen LogP contribution in [0.4, 0.5) is 11.5 Å². The Balaban J connectivity index is 1.68. The topological polar surface area (TPSA) is 70.2 Å². The van der Waals surface area contributed by atoms with Gasteiger partial charge in [0.05, 0.1) is 18.5 Å². The third-order valence-corrected chi connectivity index (χ3v) is 3.80. The van der Waals surface area contributed by atoms with E-state index in [1.54, 1.807) is 13.3 Å². The van der Waals surface area contributed by atoms with E-state index in [-0.39, 0.29) is 5.91 Å². The fourth-order valence-corrected chi connectivity index (χ4v) is 2.42. The summed E-state index contributed by atoms with van der Waals surface area (Å²) in [6, 6.07) is 13.3. The fraction of sp³-hybridized carbons (Fsp3) is 0.222. The van der Waals surface area contributed by atoms with Gasteiger partial charge in [0.1, 0.15) is 11.5 Å². The zero-order chi connectivity index (χ0) is 16.9. The lowest BCUT2D eigenvalue weighted by molar-refractivity contribution is 0.102. The van der Waals surface area contributed by atoms with E-state index in [2.05, 4.69) is 15.3 Å². The lowest BCUT2D eigenvalue weighted by Crippen LogP contribution is -2.23. The van der Waals surface area contributed by atoms with E-state index < -0.39 is 0 Å². The first-order valence-corrected chi connectivity index (χ1v) is 7.72. The van der Waals surface area contributed by atoms with Crippen LogP contribution in [0, 0.1) is 0 Å². The molecular formula is C18H20N4O2. The van der Waals surface area contributed by atoms with E-state index in [0.717, 1.165) is 23.3 Å². The second kappa shape index (κ2) is 7.14. The van der Waals surface area contributed by atoms with E-state index in [1.165, 1.54) is 0 Å². The van der Waals surface area contributed by atoms with Gasteiger partial charge < -0.3 is 19.9 Å². The van der Waals surface area contributed by atoms with Crippen LogP contribution in [0.3, 0.4) is 0 Å². The minimum Gasteiger partial charge on any atom is -0.383 e. The smallest absolute Gasteiger partial charge is 0.272 e. The van der Waals surface area contributed by atoms with Gasteiger partial charge in [-0.1, -0.05) is 18.2 Å². The highest BCUT2D eigenvalue weighted by atomic mass is 16.5. The van der Waals surface area contributed by atoms with Crippen molar-refractivity contribution < 1.29 is 9.53 Å². The first-order valence-electron chi connectivity index (χ1n) is 7.72. The predicted octanol–water partition coefficient (Wildman–Crippen LogP) is 2.90. The fourth-order valence-electron chi connectivity index (χ4n) is 2.42. The van der Waals surface area contributed by atoms with Crippen LogP contribution in [-0.4, -0.2) is 43.2 Å². The quantitative estimate of drug-likeness (QED) is 0.731. The molecule has 6 nitrogen and oxygen atoms in total. The van der Waals surface area contributed by atoms with Crippen LogP contribution >= 0.6 is 0 Å². The number of rotatable bonds is 6. The minimum atomic E-state index is -0.187. The number of H-pyrrole nitrogens is 1. The molecule has 1 aromatic carbocycles. The summed E-state index contributed by atoms with van der Waals surface area (Å²) in [7, 11) is 3.62. The SMILES string of the molecule is COCCN(C)c1ccc(NC(=O)c2cc3ccccc3[nH]2)cn1. The molecule has 0 saturated heterocycles. The summed E-state index contributed by atoms with van der Waals surface area (Å²) < 4.78 is 5.05. The average Bonchev–Trinajstić information content (AvgIpc) is 3.04. The number of para-hydroxylation sites is 1. The maximum atomic E-state index is 12.3. The number of carbonyl (C=O) groups excluding carboxylic acids is 1. The van der Waals surface area contributed by atoms with Crippen LogP contribution in [0.25, 0.3) is 10.9 Å². The molecule has 0 spiro atoms. The molecule has 1 amide bonds. The molecule has 0 aliphatic carbocycles. The van der Waals surface area contributed by atoms with Gasteiger partial charge >= 0.3 is 0 Å². The average molecular weight is 324 g/mol. The van der Waals surface area contributed by atoms with Crippen molar-refractivity contribution in [1.82, 2.24) is 9.97 Å². The molecule has 0 radical (unpaired) electrons. The molecule has 0 unspecified atom stereocenters. The second-order valence-electron chi connectivity index (χ2n) is 5.54. The summed E-state index contributed by atoms with van der Waals surface area (Å²) in [5, 5.41) is 3.86. The van der Waals surface area contributed by atoms with Crippen LogP contribution < -0.4 is 10.2 Å². The molecule has 0 bridgehead atoms. The van der Waals surface area contributed by atoms with Crippen molar-refractivity contribution in [3.05, 3.63) is 54.4 Å². The maximum absolute atomic E-state index is 12.3. The molecule has 3 rings (SSSR count). The number of benzene rings is 1. The Labute approximate surface area is 140 Å². The van der Waals surface area contributed by atoms with E-state index >= 15 is 0 Å². The Kier molecular flexibility index (Phi) is 4.77. The summed E-state index contributed by atoms with van der Waals surface area (Å²) in [5.74, 6) is 0.643. The summed E-state index contributed by atoms with van der Waals surface area (Å²) in [5.41, 5.74) is 2.12. The highest BCUT2D eigenvalue weighted by Crippen LogP contribution is 2.17. The van der Waals surface area contributed by atoms with Gasteiger partial charge in [-0.05, 0) is 24.3 Å². The molecule has 6 heteroatoms. The number of likely N-dealkylation sites (N-methyl/N-ethyl adjacent to an activating group) is 1.